The van der Waals surface area contributed by atoms with Crippen LogP contribution in [0.25, 0.3) is 0 Å². The van der Waals surface area contributed by atoms with Crippen LogP contribution in [0.5, 0.6) is 5.75 Å². The molecule has 0 radical (unpaired) electrons. The van der Waals surface area contributed by atoms with E-state index < -0.39 is 10.0 Å². The summed E-state index contributed by atoms with van der Waals surface area (Å²) in [7, 11) is -3.63. The molecule has 1 aromatic heterocycles. The van der Waals surface area contributed by atoms with Crippen molar-refractivity contribution in [1.82, 2.24) is 9.88 Å². The van der Waals surface area contributed by atoms with Crippen LogP contribution in [0.1, 0.15) is 30.4 Å². The zero-order valence-electron chi connectivity index (χ0n) is 13.6. The normalized spacial score (nSPS) is 11.6. The average Bonchev–Trinajstić information content (AvgIpc) is 2.85. The van der Waals surface area contributed by atoms with Gasteiger partial charge in [0.25, 0.3) is 0 Å². The number of nitrogens with one attached hydrogen (secondary N) is 1. The molecule has 2 aromatic rings. The molecule has 7 heteroatoms. The van der Waals surface area contributed by atoms with E-state index in [0.29, 0.717) is 5.69 Å². The summed E-state index contributed by atoms with van der Waals surface area (Å²) in [5, 5.41) is 3.66. The Labute approximate surface area is 136 Å². The lowest BCUT2D eigenvalue weighted by Gasteiger charge is -2.09. The van der Waals surface area contributed by atoms with Crippen LogP contribution in [0, 0.1) is 13.8 Å². The lowest BCUT2D eigenvalue weighted by atomic mass is 10.1. The molecule has 0 atom stereocenters. The molecule has 0 aliphatic carbocycles. The molecule has 23 heavy (non-hydrogen) atoms. The van der Waals surface area contributed by atoms with Crippen LogP contribution in [0.2, 0.25) is 0 Å². The fraction of sp³-hybridized carbons (Fsp3) is 0.438. The molecule has 0 aliphatic heterocycles. The lowest BCUT2D eigenvalue weighted by Crippen LogP contribution is -2.29. The first-order chi connectivity index (χ1) is 10.9. The number of aryl methyl sites for hydroxylation is 3. The van der Waals surface area contributed by atoms with Crippen molar-refractivity contribution in [3.05, 3.63) is 41.3 Å². The van der Waals surface area contributed by atoms with Gasteiger partial charge in [-0.2, -0.15) is 0 Å². The topological polar surface area (TPSA) is 81.4 Å². The van der Waals surface area contributed by atoms with Crippen LogP contribution in [0.4, 0.5) is 0 Å². The minimum absolute atomic E-state index is 0.0985. The molecule has 0 unspecified atom stereocenters. The van der Waals surface area contributed by atoms with Crippen molar-refractivity contribution in [2.24, 2.45) is 0 Å². The van der Waals surface area contributed by atoms with Crippen LogP contribution in [-0.2, 0) is 16.4 Å². The lowest BCUT2D eigenvalue weighted by molar-refractivity contribution is 0.322. The van der Waals surface area contributed by atoms with Gasteiger partial charge in [0.2, 0.25) is 10.0 Å². The van der Waals surface area contributed by atoms with Gasteiger partial charge in [0, 0.05) is 6.54 Å². The van der Waals surface area contributed by atoms with E-state index in [1.165, 1.54) is 5.56 Å². The first-order valence-corrected chi connectivity index (χ1v) is 9.06. The first kappa shape index (κ1) is 17.5. The Hall–Kier alpha value is -1.86. The largest absolute Gasteiger partial charge is 0.492 e. The van der Waals surface area contributed by atoms with E-state index >= 15 is 0 Å². The summed E-state index contributed by atoms with van der Waals surface area (Å²) in [6.45, 7) is 5.72. The van der Waals surface area contributed by atoms with E-state index in [2.05, 4.69) is 16.8 Å². The zero-order chi connectivity index (χ0) is 16.9. The zero-order valence-corrected chi connectivity index (χ0v) is 14.4. The Bertz CT molecular complexity index is 716. The smallest absolute Gasteiger partial charge is 0.246 e. The minimum Gasteiger partial charge on any atom is -0.492 e. The van der Waals surface area contributed by atoms with Crippen molar-refractivity contribution in [2.45, 2.75) is 38.5 Å². The summed E-state index contributed by atoms with van der Waals surface area (Å²) in [5.74, 6) is 1.00. The van der Waals surface area contributed by atoms with Gasteiger partial charge in [0.1, 0.15) is 22.9 Å². The second-order valence-corrected chi connectivity index (χ2v) is 7.00. The number of aromatic nitrogens is 1. The summed E-state index contributed by atoms with van der Waals surface area (Å²) in [6, 6.07) is 7.83. The highest BCUT2D eigenvalue weighted by molar-refractivity contribution is 7.89. The molecule has 0 spiro atoms. The molecule has 0 saturated carbocycles. The second-order valence-electron chi connectivity index (χ2n) is 5.29. The quantitative estimate of drug-likeness (QED) is 0.748. The first-order valence-electron chi connectivity index (χ1n) is 7.58. The minimum atomic E-state index is -3.63. The highest BCUT2D eigenvalue weighted by Gasteiger charge is 2.23. The van der Waals surface area contributed by atoms with Crippen LogP contribution < -0.4 is 9.46 Å². The molecule has 1 aromatic carbocycles. The predicted molar refractivity (Wildman–Crippen MR) is 87.1 cm³/mol. The Morgan fingerprint density at radius 1 is 1.22 bits per heavy atom. The van der Waals surface area contributed by atoms with Crippen molar-refractivity contribution in [3.63, 3.8) is 0 Å². The number of nitrogens with zero attached hydrogens (tertiary/aromatic N) is 1. The number of ether oxygens (including phenoxy) is 1. The molecule has 0 fully saturated rings. The molecule has 126 valence electrons. The fourth-order valence-corrected chi connectivity index (χ4v) is 3.65. The van der Waals surface area contributed by atoms with E-state index in [1.54, 1.807) is 13.8 Å². The number of hydrogen-bond donors (Lipinski definition) is 1. The average molecular weight is 338 g/mol. The summed E-state index contributed by atoms with van der Waals surface area (Å²) in [4.78, 5) is 0.0985. The SMILES string of the molecule is CCCc1ccc(OCCNS(=O)(=O)c2c(C)noc2C)cc1. The summed E-state index contributed by atoms with van der Waals surface area (Å²) in [5.41, 5.74) is 1.61. The highest BCUT2D eigenvalue weighted by atomic mass is 32.2. The number of benzene rings is 1. The summed E-state index contributed by atoms with van der Waals surface area (Å²) < 4.78 is 37.3. The van der Waals surface area contributed by atoms with Crippen molar-refractivity contribution in [1.29, 1.82) is 0 Å². The fourth-order valence-electron chi connectivity index (χ4n) is 2.32. The van der Waals surface area contributed by atoms with Crippen molar-refractivity contribution < 1.29 is 17.7 Å². The monoisotopic (exact) mass is 338 g/mol. The third-order valence-corrected chi connectivity index (χ3v) is 5.07. The standard InChI is InChI=1S/C16H22N2O4S/c1-4-5-14-6-8-15(9-7-14)21-11-10-17-23(19,20)16-12(2)18-22-13(16)3/h6-9,17H,4-5,10-11H2,1-3H3. The Morgan fingerprint density at radius 2 is 1.91 bits per heavy atom. The van der Waals surface area contributed by atoms with E-state index in [9.17, 15) is 8.42 Å². The maximum absolute atomic E-state index is 12.2. The van der Waals surface area contributed by atoms with E-state index in [4.69, 9.17) is 9.26 Å². The molecule has 1 heterocycles. The van der Waals surface area contributed by atoms with Gasteiger partial charge in [-0.05, 0) is 38.0 Å². The molecule has 0 bridgehead atoms. The van der Waals surface area contributed by atoms with Crippen LogP contribution >= 0.6 is 0 Å². The van der Waals surface area contributed by atoms with Gasteiger partial charge >= 0.3 is 0 Å². The predicted octanol–water partition coefficient (Wildman–Crippen LogP) is 2.60. The molecule has 0 aliphatic rings. The van der Waals surface area contributed by atoms with Gasteiger partial charge < -0.3 is 9.26 Å². The van der Waals surface area contributed by atoms with E-state index in [0.717, 1.165) is 18.6 Å². The Kier molecular flexibility index (Phi) is 5.79. The van der Waals surface area contributed by atoms with Crippen LogP contribution in [0.3, 0.4) is 0 Å². The second kappa shape index (κ2) is 7.61. The Morgan fingerprint density at radius 3 is 2.48 bits per heavy atom. The number of hydrogen-bond acceptors (Lipinski definition) is 5. The van der Waals surface area contributed by atoms with Crippen LogP contribution in [-0.4, -0.2) is 26.7 Å². The Balaban J connectivity index is 1.85. The highest BCUT2D eigenvalue weighted by Crippen LogP contribution is 2.18. The van der Waals surface area contributed by atoms with E-state index in [-0.39, 0.29) is 23.8 Å². The van der Waals surface area contributed by atoms with Gasteiger partial charge in [-0.25, -0.2) is 13.1 Å². The van der Waals surface area contributed by atoms with Crippen molar-refractivity contribution in [3.8, 4) is 5.75 Å². The van der Waals surface area contributed by atoms with Crippen molar-refractivity contribution in [2.75, 3.05) is 13.2 Å². The molecule has 0 saturated heterocycles. The third-order valence-electron chi connectivity index (χ3n) is 3.36. The maximum atomic E-state index is 12.2. The van der Waals surface area contributed by atoms with Crippen molar-refractivity contribution >= 4 is 10.0 Å². The van der Waals surface area contributed by atoms with Gasteiger partial charge in [0.05, 0.1) is 0 Å². The third kappa shape index (κ3) is 4.56. The summed E-state index contributed by atoms with van der Waals surface area (Å²) >= 11 is 0. The summed E-state index contributed by atoms with van der Waals surface area (Å²) in [6.07, 6.45) is 2.14. The van der Waals surface area contributed by atoms with Gasteiger partial charge in [-0.3, -0.25) is 0 Å². The molecule has 1 N–H and O–H groups in total. The molecular formula is C16H22N2O4S. The molecule has 2 rings (SSSR count). The van der Waals surface area contributed by atoms with Gasteiger partial charge in [-0.1, -0.05) is 30.6 Å². The maximum Gasteiger partial charge on any atom is 0.246 e. The van der Waals surface area contributed by atoms with E-state index in [1.807, 2.05) is 24.3 Å². The molecule has 6 nitrogen and oxygen atoms in total. The van der Waals surface area contributed by atoms with Gasteiger partial charge in [-0.15, -0.1) is 0 Å². The number of sulfonamides is 1. The van der Waals surface area contributed by atoms with Gasteiger partial charge in [0.15, 0.2) is 5.76 Å². The molecule has 0 amide bonds. The molecular weight excluding hydrogens is 316 g/mol. The number of rotatable bonds is 8. The van der Waals surface area contributed by atoms with Crippen LogP contribution in [0.15, 0.2) is 33.7 Å².